The van der Waals surface area contributed by atoms with Gasteiger partial charge in [-0.15, -0.1) is 0 Å². The fourth-order valence-electron chi connectivity index (χ4n) is 4.68. The summed E-state index contributed by atoms with van der Waals surface area (Å²) in [5.74, 6) is 1.78. The highest BCUT2D eigenvalue weighted by atomic mass is 32.1. The minimum absolute atomic E-state index is 0.820. The Bertz CT molecular complexity index is 1300. The van der Waals surface area contributed by atoms with Crippen molar-refractivity contribution in [1.29, 1.82) is 0 Å². The normalized spacial score (nSPS) is 14.5. The van der Waals surface area contributed by atoms with Crippen LogP contribution >= 0.6 is 12.2 Å². The molecule has 1 N–H and O–H groups in total. The number of imidazole rings is 1. The average Bonchev–Trinajstić information content (AvgIpc) is 3.15. The molecule has 1 fully saturated rings. The number of anilines is 1. The van der Waals surface area contributed by atoms with Crippen molar-refractivity contribution in [2.75, 3.05) is 45.3 Å². The van der Waals surface area contributed by atoms with Crippen molar-refractivity contribution in [2.24, 2.45) is 0 Å². The second-order valence-electron chi connectivity index (χ2n) is 8.30. The summed E-state index contributed by atoms with van der Waals surface area (Å²) in [6.45, 7) is 4.91. The molecule has 33 heavy (non-hydrogen) atoms. The van der Waals surface area contributed by atoms with Gasteiger partial charge in [0.2, 0.25) is 0 Å². The molecule has 2 heterocycles. The lowest BCUT2D eigenvalue weighted by Crippen LogP contribution is -3.14. The van der Waals surface area contributed by atoms with E-state index in [2.05, 4.69) is 62.6 Å². The summed E-state index contributed by atoms with van der Waals surface area (Å²) in [5.41, 5.74) is 4.51. The number of nitrogens with one attached hydrogen (secondary N) is 1. The number of aromatic nitrogens is 2. The van der Waals surface area contributed by atoms with E-state index in [4.69, 9.17) is 21.7 Å². The summed E-state index contributed by atoms with van der Waals surface area (Å²) in [7, 11) is 3.42. The van der Waals surface area contributed by atoms with Crippen molar-refractivity contribution < 1.29 is 14.4 Å². The van der Waals surface area contributed by atoms with Gasteiger partial charge in [-0.2, -0.15) is 0 Å². The summed E-state index contributed by atoms with van der Waals surface area (Å²) in [4.78, 5) is 3.94. The smallest absolute Gasteiger partial charge is 0.189 e. The van der Waals surface area contributed by atoms with Crippen LogP contribution in [0.4, 0.5) is 5.69 Å². The van der Waals surface area contributed by atoms with E-state index < -0.39 is 0 Å². The van der Waals surface area contributed by atoms with Crippen LogP contribution in [0.3, 0.4) is 0 Å². The maximum atomic E-state index is 5.99. The first-order valence-electron chi connectivity index (χ1n) is 11.3. The van der Waals surface area contributed by atoms with Crippen LogP contribution in [-0.4, -0.2) is 49.5 Å². The van der Waals surface area contributed by atoms with Crippen molar-refractivity contribution in [3.05, 3.63) is 77.6 Å². The van der Waals surface area contributed by atoms with E-state index in [9.17, 15) is 0 Å². The highest BCUT2D eigenvalue weighted by Crippen LogP contribution is 2.27. The summed E-state index contributed by atoms with van der Waals surface area (Å²) in [5, 5.41) is 0. The van der Waals surface area contributed by atoms with Crippen LogP contribution in [0, 0.1) is 4.77 Å². The van der Waals surface area contributed by atoms with Crippen molar-refractivity contribution in [1.82, 2.24) is 9.13 Å². The quantitative estimate of drug-likeness (QED) is 0.446. The molecule has 0 atom stereocenters. The molecule has 3 aromatic carbocycles. The molecule has 170 valence electrons. The fraction of sp³-hybridized carbons (Fsp3) is 0.269. The second-order valence-corrected chi connectivity index (χ2v) is 8.66. The summed E-state index contributed by atoms with van der Waals surface area (Å²) < 4.78 is 16.2. The van der Waals surface area contributed by atoms with Gasteiger partial charge in [-0.25, -0.2) is 0 Å². The van der Waals surface area contributed by atoms with Crippen LogP contribution < -0.4 is 19.3 Å². The predicted octanol–water partition coefficient (Wildman–Crippen LogP) is 3.54. The number of piperazine rings is 1. The highest BCUT2D eigenvalue weighted by molar-refractivity contribution is 7.71. The van der Waals surface area contributed by atoms with Gasteiger partial charge in [0, 0.05) is 5.69 Å². The van der Waals surface area contributed by atoms with Gasteiger partial charge in [0.1, 0.15) is 11.5 Å². The Labute approximate surface area is 199 Å². The van der Waals surface area contributed by atoms with Crippen molar-refractivity contribution in [2.45, 2.75) is 6.67 Å². The number of hydrogen-bond acceptors (Lipinski definition) is 4. The number of para-hydroxylation sites is 4. The topological polar surface area (TPSA) is 36.0 Å². The standard InChI is InChI=1S/C26H28N4O2S/c1-31-21-13-11-20(12-14-21)30-23-8-4-3-7-22(23)29(26(30)33)19-27-15-17-28(18-16-27)24-9-5-6-10-25(24)32-2/h3-14H,15-19H2,1-2H3/p+1. The van der Waals surface area contributed by atoms with E-state index in [1.54, 1.807) is 14.2 Å². The first-order valence-corrected chi connectivity index (χ1v) is 11.7. The number of benzene rings is 3. The third kappa shape index (κ3) is 4.10. The van der Waals surface area contributed by atoms with E-state index >= 15 is 0 Å². The van der Waals surface area contributed by atoms with Gasteiger partial charge in [-0.1, -0.05) is 24.3 Å². The molecule has 5 rings (SSSR count). The molecule has 0 unspecified atom stereocenters. The SMILES string of the molecule is COc1ccc(-n2c(=S)n(C[NH+]3CCN(c4ccccc4OC)CC3)c3ccccc32)cc1. The highest BCUT2D eigenvalue weighted by Gasteiger charge is 2.24. The van der Waals surface area contributed by atoms with E-state index in [1.165, 1.54) is 10.6 Å². The van der Waals surface area contributed by atoms with Crippen LogP contribution in [0.25, 0.3) is 16.7 Å². The number of ether oxygens (including phenoxy) is 2. The van der Waals surface area contributed by atoms with Crippen molar-refractivity contribution in [3.8, 4) is 17.2 Å². The molecule has 0 amide bonds. The Morgan fingerprint density at radius 3 is 2.18 bits per heavy atom. The second kappa shape index (κ2) is 9.29. The lowest BCUT2D eigenvalue weighted by Gasteiger charge is -2.34. The Balaban J connectivity index is 1.40. The Morgan fingerprint density at radius 1 is 0.818 bits per heavy atom. The molecular weight excluding hydrogens is 432 g/mol. The summed E-state index contributed by atoms with van der Waals surface area (Å²) in [6.07, 6.45) is 0. The molecule has 7 heteroatoms. The van der Waals surface area contributed by atoms with E-state index in [-0.39, 0.29) is 0 Å². The molecular formula is C26H29N4O2S+. The van der Waals surface area contributed by atoms with Gasteiger partial charge in [-0.05, 0) is 60.7 Å². The molecule has 1 aliphatic rings. The summed E-state index contributed by atoms with van der Waals surface area (Å²) >= 11 is 5.99. The molecule has 0 radical (unpaired) electrons. The van der Waals surface area contributed by atoms with Crippen molar-refractivity contribution in [3.63, 3.8) is 0 Å². The molecule has 1 aliphatic heterocycles. The fourth-order valence-corrected chi connectivity index (χ4v) is 5.05. The van der Waals surface area contributed by atoms with Gasteiger partial charge in [-0.3, -0.25) is 9.13 Å². The lowest BCUT2D eigenvalue weighted by molar-refractivity contribution is -0.923. The molecule has 4 aromatic rings. The van der Waals surface area contributed by atoms with E-state index in [0.717, 1.165) is 65.8 Å². The number of fused-ring (bicyclic) bond motifs is 1. The van der Waals surface area contributed by atoms with Crippen molar-refractivity contribution >= 4 is 28.9 Å². The maximum absolute atomic E-state index is 5.99. The zero-order valence-corrected chi connectivity index (χ0v) is 19.8. The van der Waals surface area contributed by atoms with E-state index in [1.807, 2.05) is 24.3 Å². The molecule has 6 nitrogen and oxygen atoms in total. The number of nitrogens with zero attached hydrogens (tertiary/aromatic N) is 3. The van der Waals surface area contributed by atoms with Gasteiger partial charge in [0.25, 0.3) is 0 Å². The van der Waals surface area contributed by atoms with Crippen LogP contribution in [0.5, 0.6) is 11.5 Å². The Kier molecular flexibility index (Phi) is 6.07. The minimum atomic E-state index is 0.820. The van der Waals surface area contributed by atoms with Gasteiger partial charge in [0.15, 0.2) is 11.4 Å². The number of methoxy groups -OCH3 is 2. The van der Waals surface area contributed by atoms with Gasteiger partial charge in [0.05, 0.1) is 57.1 Å². The predicted molar refractivity (Wildman–Crippen MR) is 135 cm³/mol. The third-order valence-corrected chi connectivity index (χ3v) is 6.85. The minimum Gasteiger partial charge on any atom is -0.497 e. The van der Waals surface area contributed by atoms with Crippen LogP contribution in [0.2, 0.25) is 0 Å². The molecule has 1 saturated heterocycles. The number of rotatable bonds is 6. The lowest BCUT2D eigenvalue weighted by atomic mass is 10.2. The molecule has 0 spiro atoms. The number of quaternary nitrogens is 1. The van der Waals surface area contributed by atoms with Crippen LogP contribution in [0.15, 0.2) is 72.8 Å². The van der Waals surface area contributed by atoms with Gasteiger partial charge < -0.3 is 19.3 Å². The molecule has 0 aliphatic carbocycles. The van der Waals surface area contributed by atoms with E-state index in [0.29, 0.717) is 0 Å². The third-order valence-electron chi connectivity index (χ3n) is 6.44. The average molecular weight is 462 g/mol. The zero-order chi connectivity index (χ0) is 22.8. The zero-order valence-electron chi connectivity index (χ0n) is 19.0. The molecule has 1 aromatic heterocycles. The van der Waals surface area contributed by atoms with Crippen LogP contribution in [-0.2, 0) is 6.67 Å². The maximum Gasteiger partial charge on any atom is 0.189 e. The number of hydrogen-bond donors (Lipinski definition) is 1. The van der Waals surface area contributed by atoms with Crippen LogP contribution in [0.1, 0.15) is 0 Å². The first-order chi connectivity index (χ1) is 16.2. The largest absolute Gasteiger partial charge is 0.497 e. The van der Waals surface area contributed by atoms with Gasteiger partial charge >= 0.3 is 0 Å². The monoisotopic (exact) mass is 461 g/mol. The first kappa shape index (κ1) is 21.6. The molecule has 0 saturated carbocycles. The molecule has 0 bridgehead atoms. The Morgan fingerprint density at radius 2 is 1.48 bits per heavy atom. The summed E-state index contributed by atoms with van der Waals surface area (Å²) in [6, 6.07) is 24.8. The Hall–Kier alpha value is -3.29.